The molecule has 1 fully saturated rings. The maximum absolute atomic E-state index is 12.0. The number of benzene rings is 1. The van der Waals surface area contributed by atoms with Gasteiger partial charge in [-0.05, 0) is 61.3 Å². The first kappa shape index (κ1) is 18.2. The zero-order valence-corrected chi connectivity index (χ0v) is 15.1. The van der Waals surface area contributed by atoms with Crippen LogP contribution in [0.1, 0.15) is 62.6 Å². The molecule has 4 N–H and O–H groups in total. The molecule has 0 amide bonds. The highest BCUT2D eigenvalue weighted by Gasteiger charge is 2.59. The standard InChI is InChI=1S/C20H28O5/c1-11(10-21)13-8-12-4-5-16-19(2,18(24)25)7-6-17(23)20(16,3)14(12)9-15(13)22/h8-9,11,16-17,21-23H,4-7,10H2,1-3H3,(H,24,25)/t11?,16-,17+,19-,20+/m0/s1. The molecule has 0 saturated heterocycles. The van der Waals surface area contributed by atoms with E-state index in [0.717, 1.165) is 17.5 Å². The van der Waals surface area contributed by atoms with E-state index < -0.39 is 22.9 Å². The highest BCUT2D eigenvalue weighted by Crippen LogP contribution is 2.58. The van der Waals surface area contributed by atoms with Gasteiger partial charge in [-0.2, -0.15) is 0 Å². The summed E-state index contributed by atoms with van der Waals surface area (Å²) in [7, 11) is 0. The van der Waals surface area contributed by atoms with Crippen LogP contribution in [0.3, 0.4) is 0 Å². The van der Waals surface area contributed by atoms with Gasteiger partial charge in [-0.3, -0.25) is 4.79 Å². The predicted molar refractivity (Wildman–Crippen MR) is 93.8 cm³/mol. The van der Waals surface area contributed by atoms with E-state index >= 15 is 0 Å². The second-order valence-corrected chi connectivity index (χ2v) is 8.30. The maximum Gasteiger partial charge on any atom is 0.309 e. The molecular weight excluding hydrogens is 320 g/mol. The summed E-state index contributed by atoms with van der Waals surface area (Å²) in [5.41, 5.74) is 1.03. The summed E-state index contributed by atoms with van der Waals surface area (Å²) in [6.07, 6.45) is 1.68. The Morgan fingerprint density at radius 1 is 1.32 bits per heavy atom. The molecule has 5 nitrogen and oxygen atoms in total. The Bertz CT molecular complexity index is 700. The van der Waals surface area contributed by atoms with Gasteiger partial charge in [0.1, 0.15) is 5.75 Å². The lowest BCUT2D eigenvalue weighted by Crippen LogP contribution is -2.58. The van der Waals surface area contributed by atoms with Crippen molar-refractivity contribution in [2.75, 3.05) is 6.61 Å². The Balaban J connectivity index is 2.16. The Labute approximate surface area is 148 Å². The van der Waals surface area contributed by atoms with E-state index in [1.165, 1.54) is 0 Å². The molecule has 0 heterocycles. The first-order valence-corrected chi connectivity index (χ1v) is 9.04. The molecule has 0 radical (unpaired) electrons. The van der Waals surface area contributed by atoms with E-state index in [2.05, 4.69) is 0 Å². The van der Waals surface area contributed by atoms with Crippen LogP contribution in [0.5, 0.6) is 5.75 Å². The summed E-state index contributed by atoms with van der Waals surface area (Å²) in [4.78, 5) is 12.0. The van der Waals surface area contributed by atoms with Gasteiger partial charge in [0.05, 0.1) is 11.5 Å². The van der Waals surface area contributed by atoms with Crippen LogP contribution in [0.2, 0.25) is 0 Å². The molecular formula is C20H28O5. The molecule has 5 atom stereocenters. The van der Waals surface area contributed by atoms with Crippen LogP contribution in [0, 0.1) is 11.3 Å². The maximum atomic E-state index is 12.0. The fourth-order valence-electron chi connectivity index (χ4n) is 5.20. The smallest absolute Gasteiger partial charge is 0.309 e. The van der Waals surface area contributed by atoms with Crippen molar-refractivity contribution in [3.63, 3.8) is 0 Å². The third-order valence-corrected chi connectivity index (χ3v) is 6.95. The number of carbonyl (C=O) groups is 1. The number of aryl methyl sites for hydroxylation is 1. The van der Waals surface area contributed by atoms with Crippen LogP contribution >= 0.6 is 0 Å². The van der Waals surface area contributed by atoms with Gasteiger partial charge >= 0.3 is 5.97 Å². The van der Waals surface area contributed by atoms with Crippen molar-refractivity contribution in [1.29, 1.82) is 0 Å². The molecule has 1 saturated carbocycles. The number of hydrogen-bond donors (Lipinski definition) is 4. The number of aliphatic carboxylic acids is 1. The summed E-state index contributed by atoms with van der Waals surface area (Å²) >= 11 is 0. The van der Waals surface area contributed by atoms with Gasteiger partial charge in [-0.1, -0.05) is 19.9 Å². The molecule has 1 aromatic rings. The zero-order chi connectivity index (χ0) is 18.6. The number of fused-ring (bicyclic) bond motifs is 3. The second kappa shape index (κ2) is 5.99. The average Bonchev–Trinajstić information content (AvgIpc) is 2.57. The number of aliphatic hydroxyl groups is 2. The van der Waals surface area contributed by atoms with Crippen LogP contribution in [0.25, 0.3) is 0 Å². The van der Waals surface area contributed by atoms with Crippen LogP contribution in [-0.4, -0.2) is 39.1 Å². The molecule has 138 valence electrons. The third-order valence-electron chi connectivity index (χ3n) is 6.95. The van der Waals surface area contributed by atoms with Gasteiger partial charge in [-0.25, -0.2) is 0 Å². The highest BCUT2D eigenvalue weighted by atomic mass is 16.4. The lowest BCUT2D eigenvalue weighted by molar-refractivity contribution is -0.162. The summed E-state index contributed by atoms with van der Waals surface area (Å²) in [5.74, 6) is -1.06. The molecule has 0 aromatic heterocycles. The first-order valence-electron chi connectivity index (χ1n) is 9.04. The van der Waals surface area contributed by atoms with Crippen molar-refractivity contribution in [3.8, 4) is 5.75 Å². The quantitative estimate of drug-likeness (QED) is 0.673. The number of aromatic hydroxyl groups is 1. The van der Waals surface area contributed by atoms with Crippen molar-refractivity contribution in [2.45, 2.75) is 63.9 Å². The first-order chi connectivity index (χ1) is 11.7. The van der Waals surface area contributed by atoms with Crippen molar-refractivity contribution >= 4 is 5.97 Å². The number of carboxylic acid groups (broad SMARTS) is 1. The fourth-order valence-corrected chi connectivity index (χ4v) is 5.20. The van der Waals surface area contributed by atoms with E-state index in [1.807, 2.05) is 19.9 Å². The van der Waals surface area contributed by atoms with Gasteiger partial charge in [0.15, 0.2) is 0 Å². The Morgan fingerprint density at radius 2 is 2.00 bits per heavy atom. The molecule has 1 aromatic carbocycles. The molecule has 5 heteroatoms. The van der Waals surface area contributed by atoms with Crippen molar-refractivity contribution in [3.05, 3.63) is 28.8 Å². The van der Waals surface area contributed by atoms with E-state index in [9.17, 15) is 25.2 Å². The third kappa shape index (κ3) is 2.48. The minimum Gasteiger partial charge on any atom is -0.508 e. The average molecular weight is 348 g/mol. The number of phenolic OH excluding ortho intramolecular Hbond substituents is 1. The minimum absolute atomic E-state index is 0.0497. The van der Waals surface area contributed by atoms with Crippen LogP contribution < -0.4 is 0 Å². The van der Waals surface area contributed by atoms with E-state index in [1.54, 1.807) is 13.0 Å². The summed E-state index contributed by atoms with van der Waals surface area (Å²) < 4.78 is 0. The lowest BCUT2D eigenvalue weighted by Gasteiger charge is -2.55. The van der Waals surface area contributed by atoms with E-state index in [-0.39, 0.29) is 24.2 Å². The summed E-state index contributed by atoms with van der Waals surface area (Å²) in [6, 6.07) is 3.62. The molecule has 0 aliphatic heterocycles. The molecule has 3 rings (SSSR count). The lowest BCUT2D eigenvalue weighted by atomic mass is 9.48. The Morgan fingerprint density at radius 3 is 2.60 bits per heavy atom. The molecule has 2 aliphatic carbocycles. The van der Waals surface area contributed by atoms with Crippen molar-refractivity contribution in [2.24, 2.45) is 11.3 Å². The number of rotatable bonds is 3. The Hall–Kier alpha value is -1.59. The van der Waals surface area contributed by atoms with Crippen LogP contribution in [-0.2, 0) is 16.6 Å². The number of hydrogen-bond acceptors (Lipinski definition) is 4. The van der Waals surface area contributed by atoms with Gasteiger partial charge in [0, 0.05) is 17.9 Å². The fraction of sp³-hybridized carbons (Fsp3) is 0.650. The van der Waals surface area contributed by atoms with Gasteiger partial charge < -0.3 is 20.4 Å². The van der Waals surface area contributed by atoms with Crippen molar-refractivity contribution in [1.82, 2.24) is 0 Å². The molecule has 0 spiro atoms. The predicted octanol–water partition coefficient (Wildman–Crippen LogP) is 2.55. The second-order valence-electron chi connectivity index (χ2n) is 8.30. The number of carboxylic acids is 1. The van der Waals surface area contributed by atoms with Crippen LogP contribution in [0.4, 0.5) is 0 Å². The van der Waals surface area contributed by atoms with E-state index in [0.29, 0.717) is 24.8 Å². The van der Waals surface area contributed by atoms with Gasteiger partial charge in [0.25, 0.3) is 0 Å². The summed E-state index contributed by atoms with van der Waals surface area (Å²) in [5, 5.41) is 40.6. The highest BCUT2D eigenvalue weighted by molar-refractivity contribution is 5.75. The van der Waals surface area contributed by atoms with Crippen LogP contribution in [0.15, 0.2) is 12.1 Å². The van der Waals surface area contributed by atoms with Gasteiger partial charge in [-0.15, -0.1) is 0 Å². The number of aliphatic hydroxyl groups excluding tert-OH is 2. The number of phenols is 1. The molecule has 25 heavy (non-hydrogen) atoms. The van der Waals surface area contributed by atoms with Gasteiger partial charge in [0.2, 0.25) is 0 Å². The minimum atomic E-state index is -0.877. The van der Waals surface area contributed by atoms with E-state index in [4.69, 9.17) is 0 Å². The topological polar surface area (TPSA) is 98.0 Å². The zero-order valence-electron chi connectivity index (χ0n) is 15.1. The molecule has 2 aliphatic rings. The van der Waals surface area contributed by atoms with Crippen molar-refractivity contribution < 1.29 is 25.2 Å². The molecule has 0 bridgehead atoms. The normalized spacial score (nSPS) is 35.6. The largest absolute Gasteiger partial charge is 0.508 e. The SMILES string of the molecule is CC(CO)c1cc2c(cc1O)[C@@]1(C)[C@H](O)CC[C@](C)(C(=O)O)[C@@H]1CC2. The molecule has 1 unspecified atom stereocenters. The Kier molecular flexibility index (Phi) is 4.36. The summed E-state index contributed by atoms with van der Waals surface area (Å²) in [6.45, 7) is 5.53. The monoisotopic (exact) mass is 348 g/mol.